The van der Waals surface area contributed by atoms with Gasteiger partial charge in [-0.1, -0.05) is 42.8 Å². The standard InChI is InChI=1S/C24H31ClN2O3S/c1-5-17(2)26-24(29)18(3)27(14-19-8-7-11-22(13-19)30-4)23(28)16-31-15-20-9-6-10-21(25)12-20/h6-13,17-18H,5,14-16H2,1-4H3,(H,26,29)/t17-,18-/m0/s1. The second-order valence-electron chi connectivity index (χ2n) is 7.49. The average Bonchev–Trinajstić information content (AvgIpc) is 2.76. The molecule has 0 unspecified atom stereocenters. The van der Waals surface area contributed by atoms with Crippen molar-refractivity contribution in [3.8, 4) is 5.75 Å². The summed E-state index contributed by atoms with van der Waals surface area (Å²) in [6, 6.07) is 14.6. The van der Waals surface area contributed by atoms with E-state index in [1.807, 2.05) is 62.4 Å². The summed E-state index contributed by atoms with van der Waals surface area (Å²) in [5.41, 5.74) is 1.97. The molecule has 2 rings (SSSR count). The number of nitrogens with one attached hydrogen (secondary N) is 1. The van der Waals surface area contributed by atoms with Gasteiger partial charge in [0.05, 0.1) is 12.9 Å². The van der Waals surface area contributed by atoms with Crippen LogP contribution in [0.5, 0.6) is 5.75 Å². The predicted molar refractivity (Wildman–Crippen MR) is 129 cm³/mol. The smallest absolute Gasteiger partial charge is 0.242 e. The van der Waals surface area contributed by atoms with Gasteiger partial charge in [-0.05, 0) is 55.7 Å². The number of ether oxygens (including phenoxy) is 1. The first-order valence-corrected chi connectivity index (χ1v) is 11.9. The molecule has 5 nitrogen and oxygen atoms in total. The zero-order chi connectivity index (χ0) is 22.8. The van der Waals surface area contributed by atoms with Gasteiger partial charge in [0, 0.05) is 23.4 Å². The first kappa shape index (κ1) is 25.1. The quantitative estimate of drug-likeness (QED) is 0.515. The van der Waals surface area contributed by atoms with E-state index in [2.05, 4.69) is 5.32 Å². The van der Waals surface area contributed by atoms with Crippen molar-refractivity contribution in [3.05, 3.63) is 64.7 Å². The maximum absolute atomic E-state index is 13.1. The van der Waals surface area contributed by atoms with Crippen molar-refractivity contribution < 1.29 is 14.3 Å². The van der Waals surface area contributed by atoms with Crippen molar-refractivity contribution in [1.29, 1.82) is 0 Å². The van der Waals surface area contributed by atoms with Crippen LogP contribution in [0.2, 0.25) is 5.02 Å². The van der Waals surface area contributed by atoms with Crippen LogP contribution >= 0.6 is 23.4 Å². The number of amides is 2. The lowest BCUT2D eigenvalue weighted by Crippen LogP contribution is -2.50. The fourth-order valence-electron chi connectivity index (χ4n) is 2.98. The van der Waals surface area contributed by atoms with Crippen molar-refractivity contribution in [2.75, 3.05) is 12.9 Å². The second-order valence-corrected chi connectivity index (χ2v) is 8.91. The number of hydrogen-bond acceptors (Lipinski definition) is 4. The van der Waals surface area contributed by atoms with E-state index in [-0.39, 0.29) is 23.6 Å². The number of nitrogens with zero attached hydrogens (tertiary/aromatic N) is 1. The van der Waals surface area contributed by atoms with Crippen molar-refractivity contribution in [1.82, 2.24) is 10.2 Å². The summed E-state index contributed by atoms with van der Waals surface area (Å²) in [6.07, 6.45) is 0.831. The monoisotopic (exact) mass is 462 g/mol. The first-order chi connectivity index (χ1) is 14.8. The number of methoxy groups -OCH3 is 1. The van der Waals surface area contributed by atoms with Crippen LogP contribution in [0.3, 0.4) is 0 Å². The largest absolute Gasteiger partial charge is 0.497 e. The van der Waals surface area contributed by atoms with Crippen LogP contribution in [0.4, 0.5) is 0 Å². The van der Waals surface area contributed by atoms with Gasteiger partial charge >= 0.3 is 0 Å². The minimum absolute atomic E-state index is 0.0564. The Labute approximate surface area is 194 Å². The van der Waals surface area contributed by atoms with Crippen LogP contribution in [0.1, 0.15) is 38.3 Å². The van der Waals surface area contributed by atoms with Crippen LogP contribution in [-0.2, 0) is 21.9 Å². The molecule has 1 N–H and O–H groups in total. The van der Waals surface area contributed by atoms with E-state index in [0.717, 1.165) is 23.3 Å². The summed E-state index contributed by atoms with van der Waals surface area (Å²) in [4.78, 5) is 27.5. The van der Waals surface area contributed by atoms with E-state index in [4.69, 9.17) is 16.3 Å². The number of benzene rings is 2. The Morgan fingerprint density at radius 2 is 1.84 bits per heavy atom. The van der Waals surface area contributed by atoms with Gasteiger partial charge in [-0.25, -0.2) is 0 Å². The molecule has 2 atom stereocenters. The van der Waals surface area contributed by atoms with Gasteiger partial charge in [0.15, 0.2) is 0 Å². The highest BCUT2D eigenvalue weighted by atomic mass is 35.5. The Morgan fingerprint density at radius 1 is 1.13 bits per heavy atom. The summed E-state index contributed by atoms with van der Waals surface area (Å²) in [5, 5.41) is 3.66. The Balaban J connectivity index is 2.10. The molecule has 0 bridgehead atoms. The van der Waals surface area contributed by atoms with Crippen LogP contribution < -0.4 is 10.1 Å². The van der Waals surface area contributed by atoms with E-state index in [0.29, 0.717) is 17.3 Å². The normalized spacial score (nSPS) is 12.7. The van der Waals surface area contributed by atoms with Crippen LogP contribution in [0.25, 0.3) is 0 Å². The molecule has 2 aromatic rings. The molecule has 0 aliphatic carbocycles. The molecule has 2 aromatic carbocycles. The van der Waals surface area contributed by atoms with Gasteiger partial charge in [-0.2, -0.15) is 0 Å². The lowest BCUT2D eigenvalue weighted by molar-refractivity contribution is -0.138. The Hall–Kier alpha value is -2.18. The second kappa shape index (κ2) is 12.6. The van der Waals surface area contributed by atoms with Crippen molar-refractivity contribution >= 4 is 35.2 Å². The van der Waals surface area contributed by atoms with Crippen molar-refractivity contribution in [3.63, 3.8) is 0 Å². The van der Waals surface area contributed by atoms with Gasteiger partial charge in [0.25, 0.3) is 0 Å². The molecule has 0 aromatic heterocycles. The molecular weight excluding hydrogens is 432 g/mol. The van der Waals surface area contributed by atoms with E-state index in [1.165, 1.54) is 11.8 Å². The van der Waals surface area contributed by atoms with Crippen LogP contribution in [0, 0.1) is 0 Å². The van der Waals surface area contributed by atoms with Crippen molar-refractivity contribution in [2.24, 2.45) is 0 Å². The number of hydrogen-bond donors (Lipinski definition) is 1. The van der Waals surface area contributed by atoms with Crippen molar-refractivity contribution in [2.45, 2.75) is 51.6 Å². The van der Waals surface area contributed by atoms with Gasteiger partial charge in [-0.15, -0.1) is 11.8 Å². The number of rotatable bonds is 11. The molecule has 0 fully saturated rings. The third-order valence-corrected chi connectivity index (χ3v) is 6.26. The lowest BCUT2D eigenvalue weighted by Gasteiger charge is -2.29. The fourth-order valence-corrected chi connectivity index (χ4v) is 4.05. The van der Waals surface area contributed by atoms with Crippen LogP contribution in [0.15, 0.2) is 48.5 Å². The summed E-state index contributed by atoms with van der Waals surface area (Å²) < 4.78 is 5.30. The fraction of sp³-hybridized carbons (Fsp3) is 0.417. The number of carbonyl (C=O) groups is 2. The summed E-state index contributed by atoms with van der Waals surface area (Å²) in [7, 11) is 1.61. The molecule has 168 valence electrons. The molecule has 0 saturated heterocycles. The predicted octanol–water partition coefficient (Wildman–Crippen LogP) is 4.91. The van der Waals surface area contributed by atoms with Gasteiger partial charge in [0.1, 0.15) is 11.8 Å². The summed E-state index contributed by atoms with van der Waals surface area (Å²) in [6.45, 7) is 6.08. The third kappa shape index (κ3) is 8.11. The SMILES string of the molecule is CC[C@H](C)NC(=O)[C@H](C)N(Cc1cccc(OC)c1)C(=O)CSCc1cccc(Cl)c1. The highest BCUT2D eigenvalue weighted by Crippen LogP contribution is 2.20. The minimum atomic E-state index is -0.584. The lowest BCUT2D eigenvalue weighted by atomic mass is 10.1. The molecule has 0 radical (unpaired) electrons. The van der Waals surface area contributed by atoms with Gasteiger partial charge in [0.2, 0.25) is 11.8 Å². The van der Waals surface area contributed by atoms with E-state index in [9.17, 15) is 9.59 Å². The van der Waals surface area contributed by atoms with E-state index < -0.39 is 6.04 Å². The molecule has 2 amide bonds. The molecule has 0 heterocycles. The number of thioether (sulfide) groups is 1. The summed E-state index contributed by atoms with van der Waals surface area (Å²) in [5.74, 6) is 1.44. The molecule has 31 heavy (non-hydrogen) atoms. The maximum atomic E-state index is 13.1. The molecule has 0 saturated carbocycles. The third-order valence-electron chi connectivity index (χ3n) is 5.04. The highest BCUT2D eigenvalue weighted by Gasteiger charge is 2.26. The van der Waals surface area contributed by atoms with E-state index >= 15 is 0 Å². The van der Waals surface area contributed by atoms with Crippen LogP contribution in [-0.4, -0.2) is 41.7 Å². The number of carbonyl (C=O) groups excluding carboxylic acids is 2. The molecule has 7 heteroatoms. The average molecular weight is 463 g/mol. The Morgan fingerprint density at radius 3 is 2.52 bits per heavy atom. The molecule has 0 aliphatic heterocycles. The Kier molecular flexibility index (Phi) is 10.2. The minimum Gasteiger partial charge on any atom is -0.497 e. The zero-order valence-electron chi connectivity index (χ0n) is 18.6. The first-order valence-electron chi connectivity index (χ1n) is 10.4. The van der Waals surface area contributed by atoms with E-state index in [1.54, 1.807) is 18.9 Å². The van der Waals surface area contributed by atoms with Gasteiger partial charge < -0.3 is 15.0 Å². The number of halogens is 1. The van der Waals surface area contributed by atoms with Gasteiger partial charge in [-0.3, -0.25) is 9.59 Å². The molecular formula is C24H31ClN2O3S. The highest BCUT2D eigenvalue weighted by molar-refractivity contribution is 7.99. The molecule has 0 aliphatic rings. The summed E-state index contributed by atoms with van der Waals surface area (Å²) >= 11 is 7.55. The zero-order valence-corrected chi connectivity index (χ0v) is 20.1. The Bertz CT molecular complexity index is 877. The maximum Gasteiger partial charge on any atom is 0.242 e. The topological polar surface area (TPSA) is 58.6 Å². The molecule has 0 spiro atoms.